The number of hydrogen-bond donors (Lipinski definition) is 1. The van der Waals surface area contributed by atoms with Crippen LogP contribution >= 0.6 is 0 Å². The van der Waals surface area contributed by atoms with E-state index in [1.54, 1.807) is 36.5 Å². The number of nitrogens with one attached hydrogen (secondary N) is 1. The molecule has 3 aromatic rings. The lowest BCUT2D eigenvalue weighted by Crippen LogP contribution is -2.20. The number of nitrogens with zero attached hydrogens (tertiary/aromatic N) is 2. The van der Waals surface area contributed by atoms with E-state index >= 15 is 0 Å². The van der Waals surface area contributed by atoms with Crippen LogP contribution in [0.4, 0.5) is 17.1 Å². The monoisotopic (exact) mass is 403 g/mol. The van der Waals surface area contributed by atoms with Crippen molar-refractivity contribution in [3.8, 4) is 5.75 Å². The van der Waals surface area contributed by atoms with Crippen molar-refractivity contribution in [2.75, 3.05) is 11.9 Å². The SMILES string of the molecule is Cc1ccc(NC(=O)COc2cccc(C=Nc3ccc([N+](=O)[O-])cc3)c2)cc1C. The predicted molar refractivity (Wildman–Crippen MR) is 117 cm³/mol. The van der Waals surface area contributed by atoms with E-state index in [4.69, 9.17) is 4.74 Å². The molecule has 1 N–H and O–H groups in total. The Labute approximate surface area is 174 Å². The summed E-state index contributed by atoms with van der Waals surface area (Å²) in [5.74, 6) is 0.293. The lowest BCUT2D eigenvalue weighted by Gasteiger charge is -2.09. The van der Waals surface area contributed by atoms with E-state index in [0.717, 1.165) is 22.4 Å². The van der Waals surface area contributed by atoms with Gasteiger partial charge in [-0.25, -0.2) is 0 Å². The highest BCUT2D eigenvalue weighted by atomic mass is 16.6. The number of aryl methyl sites for hydroxylation is 2. The van der Waals surface area contributed by atoms with Gasteiger partial charge in [-0.1, -0.05) is 18.2 Å². The van der Waals surface area contributed by atoms with Gasteiger partial charge in [0, 0.05) is 24.0 Å². The van der Waals surface area contributed by atoms with E-state index in [1.807, 2.05) is 38.1 Å². The van der Waals surface area contributed by atoms with Crippen LogP contribution in [0, 0.1) is 24.0 Å². The molecule has 7 nitrogen and oxygen atoms in total. The molecular formula is C23H21N3O4. The summed E-state index contributed by atoms with van der Waals surface area (Å²) >= 11 is 0. The average molecular weight is 403 g/mol. The van der Waals surface area contributed by atoms with Gasteiger partial charge in [0.15, 0.2) is 6.61 Å². The van der Waals surface area contributed by atoms with Crippen molar-refractivity contribution in [2.24, 2.45) is 4.99 Å². The summed E-state index contributed by atoms with van der Waals surface area (Å²) in [5, 5.41) is 13.5. The van der Waals surface area contributed by atoms with Gasteiger partial charge < -0.3 is 10.1 Å². The number of anilines is 1. The molecule has 0 fully saturated rings. The zero-order chi connectivity index (χ0) is 21.5. The molecule has 0 heterocycles. The Morgan fingerprint density at radius 2 is 1.83 bits per heavy atom. The van der Waals surface area contributed by atoms with Gasteiger partial charge in [0.2, 0.25) is 0 Å². The molecule has 1 amide bonds. The maximum atomic E-state index is 12.1. The van der Waals surface area contributed by atoms with Crippen molar-refractivity contribution in [2.45, 2.75) is 13.8 Å². The van der Waals surface area contributed by atoms with Crippen LogP contribution in [0.5, 0.6) is 5.75 Å². The normalized spacial score (nSPS) is 10.7. The Kier molecular flexibility index (Phi) is 6.54. The highest BCUT2D eigenvalue weighted by molar-refractivity contribution is 5.92. The number of benzene rings is 3. The van der Waals surface area contributed by atoms with Crippen LogP contribution in [-0.2, 0) is 4.79 Å². The fraction of sp³-hybridized carbons (Fsp3) is 0.130. The van der Waals surface area contributed by atoms with Gasteiger partial charge in [0.1, 0.15) is 5.75 Å². The number of ether oxygens (including phenoxy) is 1. The number of carbonyl (C=O) groups excluding carboxylic acids is 1. The predicted octanol–water partition coefficient (Wildman–Crippen LogP) is 4.98. The Morgan fingerprint density at radius 3 is 2.53 bits per heavy atom. The lowest BCUT2D eigenvalue weighted by molar-refractivity contribution is -0.384. The van der Waals surface area contributed by atoms with Crippen molar-refractivity contribution >= 4 is 29.2 Å². The molecule has 0 aliphatic rings. The highest BCUT2D eigenvalue weighted by Gasteiger charge is 2.06. The molecule has 30 heavy (non-hydrogen) atoms. The number of nitro benzene ring substituents is 1. The molecule has 0 spiro atoms. The van der Waals surface area contributed by atoms with Crippen LogP contribution in [-0.4, -0.2) is 23.7 Å². The van der Waals surface area contributed by atoms with E-state index in [9.17, 15) is 14.9 Å². The fourth-order valence-electron chi connectivity index (χ4n) is 2.66. The maximum absolute atomic E-state index is 12.1. The number of non-ortho nitro benzene ring substituents is 1. The summed E-state index contributed by atoms with van der Waals surface area (Å²) < 4.78 is 5.58. The summed E-state index contributed by atoms with van der Waals surface area (Å²) in [6.45, 7) is 3.89. The van der Waals surface area contributed by atoms with Crippen LogP contribution in [0.3, 0.4) is 0 Å². The van der Waals surface area contributed by atoms with E-state index < -0.39 is 4.92 Å². The molecule has 0 unspecified atom stereocenters. The van der Waals surface area contributed by atoms with Crippen molar-refractivity contribution in [3.63, 3.8) is 0 Å². The van der Waals surface area contributed by atoms with Crippen molar-refractivity contribution in [1.82, 2.24) is 0 Å². The molecule has 3 aromatic carbocycles. The van der Waals surface area contributed by atoms with E-state index in [2.05, 4.69) is 10.3 Å². The standard InChI is InChI=1S/C23H21N3O4/c1-16-6-7-20(12-17(16)2)25-23(27)15-30-22-5-3-4-18(13-22)14-24-19-8-10-21(11-9-19)26(28)29/h3-14H,15H2,1-2H3,(H,25,27). The second kappa shape index (κ2) is 9.47. The quantitative estimate of drug-likeness (QED) is 0.342. The summed E-state index contributed by atoms with van der Waals surface area (Å²) in [7, 11) is 0. The van der Waals surface area contributed by atoms with Crippen molar-refractivity contribution in [1.29, 1.82) is 0 Å². The van der Waals surface area contributed by atoms with Crippen LogP contribution in [0.2, 0.25) is 0 Å². The van der Waals surface area contributed by atoms with Crippen LogP contribution in [0.25, 0.3) is 0 Å². The molecule has 0 radical (unpaired) electrons. The number of hydrogen-bond acceptors (Lipinski definition) is 5. The Balaban J connectivity index is 1.57. The van der Waals surface area contributed by atoms with Crippen molar-refractivity contribution in [3.05, 3.63) is 93.5 Å². The van der Waals surface area contributed by atoms with Crippen molar-refractivity contribution < 1.29 is 14.5 Å². The van der Waals surface area contributed by atoms with E-state index in [1.165, 1.54) is 12.1 Å². The second-order valence-electron chi connectivity index (χ2n) is 6.74. The highest BCUT2D eigenvalue weighted by Crippen LogP contribution is 2.19. The molecule has 7 heteroatoms. The molecule has 0 saturated carbocycles. The zero-order valence-corrected chi connectivity index (χ0v) is 16.7. The number of nitro groups is 1. The minimum atomic E-state index is -0.454. The fourth-order valence-corrected chi connectivity index (χ4v) is 2.66. The van der Waals surface area contributed by atoms with Crippen LogP contribution in [0.15, 0.2) is 71.7 Å². The average Bonchev–Trinajstić information content (AvgIpc) is 2.74. The first kappa shape index (κ1) is 20.7. The molecule has 0 aliphatic carbocycles. The number of carbonyl (C=O) groups is 1. The van der Waals surface area contributed by atoms with Crippen LogP contribution in [0.1, 0.15) is 16.7 Å². The Morgan fingerprint density at radius 1 is 1.07 bits per heavy atom. The smallest absolute Gasteiger partial charge is 0.269 e. The zero-order valence-electron chi connectivity index (χ0n) is 16.7. The molecule has 0 saturated heterocycles. The first-order valence-electron chi connectivity index (χ1n) is 9.29. The first-order valence-corrected chi connectivity index (χ1v) is 9.29. The summed E-state index contributed by atoms with van der Waals surface area (Å²) in [6, 6.07) is 18.9. The summed E-state index contributed by atoms with van der Waals surface area (Å²) in [6.07, 6.45) is 1.63. The van der Waals surface area contributed by atoms with Gasteiger partial charge in [-0.2, -0.15) is 0 Å². The largest absolute Gasteiger partial charge is 0.484 e. The summed E-state index contributed by atoms with van der Waals surface area (Å²) in [5.41, 5.74) is 4.39. The molecule has 0 aliphatic heterocycles. The van der Waals surface area contributed by atoms with Gasteiger partial charge in [-0.15, -0.1) is 0 Å². The second-order valence-corrected chi connectivity index (χ2v) is 6.74. The van der Waals surface area contributed by atoms with Gasteiger partial charge in [0.25, 0.3) is 11.6 Å². The number of amides is 1. The minimum Gasteiger partial charge on any atom is -0.484 e. The van der Waals surface area contributed by atoms with Gasteiger partial charge >= 0.3 is 0 Å². The number of rotatable bonds is 7. The Bertz CT molecular complexity index is 1090. The molecule has 152 valence electrons. The summed E-state index contributed by atoms with van der Waals surface area (Å²) in [4.78, 5) is 26.7. The van der Waals surface area contributed by atoms with E-state index in [-0.39, 0.29) is 18.2 Å². The molecule has 0 aromatic heterocycles. The maximum Gasteiger partial charge on any atom is 0.269 e. The van der Waals surface area contributed by atoms with Gasteiger partial charge in [0.05, 0.1) is 10.6 Å². The molecule has 3 rings (SSSR count). The van der Waals surface area contributed by atoms with E-state index in [0.29, 0.717) is 11.4 Å². The van der Waals surface area contributed by atoms with Crippen LogP contribution < -0.4 is 10.1 Å². The van der Waals surface area contributed by atoms with Gasteiger partial charge in [-0.05, 0) is 66.9 Å². The molecular weight excluding hydrogens is 382 g/mol. The molecule has 0 bridgehead atoms. The lowest BCUT2D eigenvalue weighted by atomic mass is 10.1. The third-order valence-electron chi connectivity index (χ3n) is 4.44. The Hall–Kier alpha value is -4.00. The third-order valence-corrected chi connectivity index (χ3v) is 4.44. The first-order chi connectivity index (χ1) is 14.4. The minimum absolute atomic E-state index is 0.0171. The third kappa shape index (κ3) is 5.75. The molecule has 0 atom stereocenters. The van der Waals surface area contributed by atoms with Gasteiger partial charge in [-0.3, -0.25) is 19.9 Å². The number of aliphatic imine (C=N–C) groups is 1. The topological polar surface area (TPSA) is 93.8 Å².